The van der Waals surface area contributed by atoms with Crippen LogP contribution in [0.4, 0.5) is 5.82 Å². The van der Waals surface area contributed by atoms with Crippen molar-refractivity contribution < 1.29 is 9.47 Å². The topological polar surface area (TPSA) is 60.7 Å². The number of aromatic nitrogens is 3. The van der Waals surface area contributed by atoms with E-state index in [1.165, 1.54) is 70.6 Å². The molecule has 0 saturated carbocycles. The highest BCUT2D eigenvalue weighted by Gasteiger charge is 2.29. The minimum Gasteiger partial charge on any atom is -0.496 e. The Labute approximate surface area is 200 Å². The second-order valence-electron chi connectivity index (χ2n) is 9.37. The van der Waals surface area contributed by atoms with Gasteiger partial charge in [0.05, 0.1) is 17.6 Å². The summed E-state index contributed by atoms with van der Waals surface area (Å²) in [6.45, 7) is 6.99. The van der Waals surface area contributed by atoms with Crippen LogP contribution in [0, 0.1) is 0 Å². The van der Waals surface area contributed by atoms with Crippen molar-refractivity contribution >= 4 is 11.3 Å². The van der Waals surface area contributed by atoms with Crippen LogP contribution in [0.3, 0.4) is 0 Å². The van der Waals surface area contributed by atoms with Gasteiger partial charge in [0.15, 0.2) is 5.82 Å². The maximum absolute atomic E-state index is 6.28. The summed E-state index contributed by atoms with van der Waals surface area (Å²) in [5, 5.41) is 7.53. The summed E-state index contributed by atoms with van der Waals surface area (Å²) in [6.07, 6.45) is 19.6. The zero-order chi connectivity index (χ0) is 23.3. The fraction of sp³-hybridized carbons (Fsp3) is 0.704. The molecule has 1 aliphatic heterocycles. The number of rotatable bonds is 17. The van der Waals surface area contributed by atoms with E-state index < -0.39 is 0 Å². The maximum atomic E-state index is 6.28. The third kappa shape index (κ3) is 8.02. The average Bonchev–Trinajstić information content (AvgIpc) is 3.48. The Hall–Kier alpha value is -2.08. The second kappa shape index (κ2) is 14.2. The van der Waals surface area contributed by atoms with Gasteiger partial charge in [0, 0.05) is 13.5 Å². The van der Waals surface area contributed by atoms with E-state index in [2.05, 4.69) is 35.0 Å². The molecule has 2 atom stereocenters. The molecule has 0 amide bonds. The van der Waals surface area contributed by atoms with Crippen LogP contribution < -0.4 is 5.32 Å². The van der Waals surface area contributed by atoms with E-state index in [-0.39, 0.29) is 12.2 Å². The lowest BCUT2D eigenvalue weighted by Crippen LogP contribution is -2.15. The van der Waals surface area contributed by atoms with E-state index in [1.54, 1.807) is 6.33 Å². The van der Waals surface area contributed by atoms with Crippen molar-refractivity contribution in [3.63, 3.8) is 0 Å². The van der Waals surface area contributed by atoms with Gasteiger partial charge < -0.3 is 14.8 Å². The molecule has 0 aromatic carbocycles. The molecule has 1 saturated heterocycles. The van der Waals surface area contributed by atoms with Crippen molar-refractivity contribution in [1.82, 2.24) is 14.6 Å². The number of allylic oxidation sites excluding steroid dienone is 1. The zero-order valence-corrected chi connectivity index (χ0v) is 20.9. The molecule has 33 heavy (non-hydrogen) atoms. The number of unbranched alkanes of at least 4 members (excludes halogenated alkanes) is 10. The Bertz CT molecular complexity index is 835. The van der Waals surface area contributed by atoms with E-state index in [0.29, 0.717) is 6.61 Å². The highest BCUT2D eigenvalue weighted by molar-refractivity contribution is 5.67. The summed E-state index contributed by atoms with van der Waals surface area (Å²) in [5.41, 5.74) is 2.05. The lowest BCUT2D eigenvalue weighted by Gasteiger charge is -2.16. The van der Waals surface area contributed by atoms with Crippen LogP contribution >= 0.6 is 0 Å². The molecule has 1 fully saturated rings. The number of hydrogen-bond acceptors (Lipinski definition) is 5. The lowest BCUT2D eigenvalue weighted by molar-refractivity contribution is -0.00205. The molecule has 3 heterocycles. The molecule has 0 bridgehead atoms. The smallest absolute Gasteiger partial charge is 0.153 e. The van der Waals surface area contributed by atoms with Crippen molar-refractivity contribution in [2.24, 2.45) is 0 Å². The quantitative estimate of drug-likeness (QED) is 0.201. The van der Waals surface area contributed by atoms with Crippen LogP contribution in [0.1, 0.15) is 109 Å². The zero-order valence-electron chi connectivity index (χ0n) is 20.9. The molecule has 0 spiro atoms. The highest BCUT2D eigenvalue weighted by atomic mass is 16.5. The molecule has 0 radical (unpaired) electrons. The highest BCUT2D eigenvalue weighted by Crippen LogP contribution is 2.34. The molecule has 2 unspecified atom stereocenters. The minimum absolute atomic E-state index is 0.0422. The van der Waals surface area contributed by atoms with Crippen LogP contribution in [0.15, 0.2) is 30.8 Å². The summed E-state index contributed by atoms with van der Waals surface area (Å²) < 4.78 is 14.2. The average molecular weight is 457 g/mol. The Morgan fingerprint density at radius 1 is 1.06 bits per heavy atom. The van der Waals surface area contributed by atoms with Gasteiger partial charge in [-0.2, -0.15) is 5.10 Å². The van der Waals surface area contributed by atoms with Crippen molar-refractivity contribution in [2.75, 3.05) is 19.0 Å². The monoisotopic (exact) mass is 456 g/mol. The summed E-state index contributed by atoms with van der Waals surface area (Å²) in [5.74, 6) is 1.73. The summed E-state index contributed by atoms with van der Waals surface area (Å²) in [6, 6.07) is 4.13. The van der Waals surface area contributed by atoms with E-state index in [9.17, 15) is 0 Å². The van der Waals surface area contributed by atoms with Gasteiger partial charge in [0.2, 0.25) is 0 Å². The molecule has 3 rings (SSSR count). The van der Waals surface area contributed by atoms with Gasteiger partial charge in [-0.25, -0.2) is 9.50 Å². The summed E-state index contributed by atoms with van der Waals surface area (Å²) in [7, 11) is 1.87. The molecule has 0 aliphatic carbocycles. The Morgan fingerprint density at radius 3 is 2.45 bits per heavy atom. The number of ether oxygens (including phenoxy) is 2. The number of hydrogen-bond donors (Lipinski definition) is 1. The molecule has 184 valence electrons. The molecular weight excluding hydrogens is 412 g/mol. The fourth-order valence-corrected chi connectivity index (χ4v) is 4.71. The number of nitrogens with zero attached hydrogens (tertiary/aromatic N) is 3. The third-order valence-electron chi connectivity index (χ3n) is 6.69. The molecule has 2 aromatic heterocycles. The van der Waals surface area contributed by atoms with E-state index in [0.717, 1.165) is 42.1 Å². The number of fused-ring (bicyclic) bond motifs is 1. The van der Waals surface area contributed by atoms with Crippen LogP contribution in [0.5, 0.6) is 0 Å². The largest absolute Gasteiger partial charge is 0.496 e. The van der Waals surface area contributed by atoms with Crippen molar-refractivity contribution in [2.45, 2.75) is 109 Å². The van der Waals surface area contributed by atoms with Crippen LogP contribution in [-0.2, 0) is 9.47 Å². The Kier molecular flexibility index (Phi) is 11.0. The van der Waals surface area contributed by atoms with E-state index in [4.69, 9.17) is 9.47 Å². The summed E-state index contributed by atoms with van der Waals surface area (Å²) >= 11 is 0. The van der Waals surface area contributed by atoms with Gasteiger partial charge in [-0.05, 0) is 31.4 Å². The molecule has 6 heteroatoms. The van der Waals surface area contributed by atoms with Gasteiger partial charge in [-0.3, -0.25) is 0 Å². The van der Waals surface area contributed by atoms with Gasteiger partial charge in [-0.15, -0.1) is 0 Å². The SMILES string of the molecule is C=C(CCCCCCCCCCCCC)OCC1CCC(c2ccc3c(NC)ncnn23)O1. The van der Waals surface area contributed by atoms with Gasteiger partial charge in [-0.1, -0.05) is 77.7 Å². The fourth-order valence-electron chi connectivity index (χ4n) is 4.71. The second-order valence-corrected chi connectivity index (χ2v) is 9.37. The van der Waals surface area contributed by atoms with Crippen molar-refractivity contribution in [3.05, 3.63) is 36.5 Å². The maximum Gasteiger partial charge on any atom is 0.153 e. The van der Waals surface area contributed by atoms with E-state index in [1.807, 2.05) is 17.6 Å². The molecule has 1 N–H and O–H groups in total. The molecule has 1 aliphatic rings. The third-order valence-corrected chi connectivity index (χ3v) is 6.69. The summed E-state index contributed by atoms with van der Waals surface area (Å²) in [4.78, 5) is 4.28. The van der Waals surface area contributed by atoms with Crippen LogP contribution in [0.2, 0.25) is 0 Å². The first-order valence-electron chi connectivity index (χ1n) is 13.2. The normalized spacial score (nSPS) is 18.1. The van der Waals surface area contributed by atoms with Crippen LogP contribution in [-0.4, -0.2) is 34.4 Å². The van der Waals surface area contributed by atoms with Gasteiger partial charge in [0.25, 0.3) is 0 Å². The lowest BCUT2D eigenvalue weighted by atomic mass is 10.1. The molecule has 2 aromatic rings. The van der Waals surface area contributed by atoms with Crippen LogP contribution in [0.25, 0.3) is 5.52 Å². The number of nitrogens with one attached hydrogen (secondary N) is 1. The first-order chi connectivity index (χ1) is 16.2. The molecule has 6 nitrogen and oxygen atoms in total. The van der Waals surface area contributed by atoms with Gasteiger partial charge in [0.1, 0.15) is 24.6 Å². The standard InChI is InChI=1S/C27H44N4O2/c1-4-5-6-7-8-9-10-11-12-13-14-15-22(2)32-20-23-16-19-26(33-23)24-17-18-25-27(28-3)29-21-30-31(24)25/h17-18,21,23,26H,2,4-16,19-20H2,1,3H3,(H,28,29,30). The van der Waals surface area contributed by atoms with Crippen molar-refractivity contribution in [1.29, 1.82) is 0 Å². The number of anilines is 1. The Morgan fingerprint density at radius 2 is 1.76 bits per heavy atom. The predicted octanol–water partition coefficient (Wildman–Crippen LogP) is 7.22. The predicted molar refractivity (Wildman–Crippen MR) is 136 cm³/mol. The first kappa shape index (κ1) is 25.5. The van der Waals surface area contributed by atoms with Crippen molar-refractivity contribution in [3.8, 4) is 0 Å². The first-order valence-corrected chi connectivity index (χ1v) is 13.2. The van der Waals surface area contributed by atoms with E-state index >= 15 is 0 Å². The minimum atomic E-state index is 0.0422. The molecular formula is C27H44N4O2. The van der Waals surface area contributed by atoms with Gasteiger partial charge >= 0.3 is 0 Å². The Balaban J connectivity index is 1.25.